The molecule has 1 saturated heterocycles. The van der Waals surface area contributed by atoms with Crippen LogP contribution in [0, 0.1) is 13.8 Å². The number of carbonyl (C=O) groups excluding carboxylic acids is 3. The van der Waals surface area contributed by atoms with Gasteiger partial charge in [0.25, 0.3) is 11.8 Å². The lowest BCUT2D eigenvalue weighted by molar-refractivity contribution is -0.121. The van der Waals surface area contributed by atoms with Gasteiger partial charge < -0.3 is 15.0 Å². The largest absolute Gasteiger partial charge is 0.378 e. The minimum absolute atomic E-state index is 0.172. The number of morpholine rings is 1. The van der Waals surface area contributed by atoms with Gasteiger partial charge in [-0.2, -0.15) is 0 Å². The molecule has 1 fully saturated rings. The van der Waals surface area contributed by atoms with E-state index in [0.717, 1.165) is 11.1 Å². The molecule has 31 heavy (non-hydrogen) atoms. The number of nitrogens with one attached hydrogen (secondary N) is 1. The highest BCUT2D eigenvalue weighted by Crippen LogP contribution is 2.36. The Hall–Kier alpha value is -3.45. The van der Waals surface area contributed by atoms with Crippen LogP contribution < -0.4 is 10.2 Å². The topological polar surface area (TPSA) is 79.0 Å². The molecule has 0 spiro atoms. The standard InChI is InChI=1S/C24H25N3O4/c1-15-4-9-20(14-16(15)2)27-23(29)21(18-5-7-19(8-6-18)25-17(3)28)22(24(27)30)26-10-12-31-13-11-26/h4-9,14H,10-13H2,1-3H3,(H,25,28). The molecule has 0 atom stereocenters. The summed E-state index contributed by atoms with van der Waals surface area (Å²) in [5, 5.41) is 2.72. The Balaban J connectivity index is 1.78. The van der Waals surface area contributed by atoms with Gasteiger partial charge in [-0.15, -0.1) is 0 Å². The van der Waals surface area contributed by atoms with Crippen molar-refractivity contribution in [2.24, 2.45) is 0 Å². The van der Waals surface area contributed by atoms with Crippen LogP contribution in [-0.4, -0.2) is 48.9 Å². The van der Waals surface area contributed by atoms with Gasteiger partial charge in [-0.1, -0.05) is 18.2 Å². The minimum Gasteiger partial charge on any atom is -0.378 e. The predicted molar refractivity (Wildman–Crippen MR) is 118 cm³/mol. The van der Waals surface area contributed by atoms with Crippen molar-refractivity contribution in [3.63, 3.8) is 0 Å². The number of amides is 3. The maximum absolute atomic E-state index is 13.5. The highest BCUT2D eigenvalue weighted by molar-refractivity contribution is 6.45. The second-order valence-electron chi connectivity index (χ2n) is 7.80. The molecular weight excluding hydrogens is 394 g/mol. The smallest absolute Gasteiger partial charge is 0.282 e. The monoisotopic (exact) mass is 419 g/mol. The van der Waals surface area contributed by atoms with Gasteiger partial charge in [0.1, 0.15) is 5.70 Å². The molecule has 1 N–H and O–H groups in total. The van der Waals surface area contributed by atoms with Gasteiger partial charge in [-0.25, -0.2) is 4.90 Å². The lowest BCUT2D eigenvalue weighted by Gasteiger charge is -2.29. The van der Waals surface area contributed by atoms with Crippen molar-refractivity contribution >= 4 is 34.7 Å². The van der Waals surface area contributed by atoms with E-state index in [4.69, 9.17) is 4.74 Å². The number of hydrogen-bond acceptors (Lipinski definition) is 5. The van der Waals surface area contributed by atoms with Gasteiger partial charge in [-0.05, 0) is 54.8 Å². The molecule has 7 heteroatoms. The van der Waals surface area contributed by atoms with Crippen LogP contribution in [0.5, 0.6) is 0 Å². The molecule has 0 saturated carbocycles. The first-order valence-electron chi connectivity index (χ1n) is 10.3. The summed E-state index contributed by atoms with van der Waals surface area (Å²) in [5.41, 5.74) is 4.72. The molecular formula is C24H25N3O4. The van der Waals surface area contributed by atoms with E-state index in [0.29, 0.717) is 54.5 Å². The van der Waals surface area contributed by atoms with Gasteiger partial charge in [0, 0.05) is 25.7 Å². The SMILES string of the molecule is CC(=O)Nc1ccc(C2=C(N3CCOCC3)C(=O)N(c3ccc(C)c(C)c3)C2=O)cc1. The van der Waals surface area contributed by atoms with Crippen LogP contribution in [0.3, 0.4) is 0 Å². The van der Waals surface area contributed by atoms with Crippen LogP contribution in [0.1, 0.15) is 23.6 Å². The molecule has 0 bridgehead atoms. The summed E-state index contributed by atoms with van der Waals surface area (Å²) in [4.78, 5) is 41.6. The summed E-state index contributed by atoms with van der Waals surface area (Å²) in [6, 6.07) is 12.6. The maximum atomic E-state index is 13.5. The summed E-state index contributed by atoms with van der Waals surface area (Å²) in [5.74, 6) is -0.841. The Morgan fingerprint density at radius 3 is 2.23 bits per heavy atom. The van der Waals surface area contributed by atoms with Crippen LogP contribution >= 0.6 is 0 Å². The first-order chi connectivity index (χ1) is 14.9. The fourth-order valence-corrected chi connectivity index (χ4v) is 3.88. The van der Waals surface area contributed by atoms with Crippen LogP contribution in [0.4, 0.5) is 11.4 Å². The molecule has 2 aliphatic heterocycles. The number of carbonyl (C=O) groups is 3. The molecule has 4 rings (SSSR count). The van der Waals surface area contributed by atoms with Gasteiger partial charge in [0.15, 0.2) is 0 Å². The third-order valence-electron chi connectivity index (χ3n) is 5.63. The van der Waals surface area contributed by atoms with Gasteiger partial charge in [0.05, 0.1) is 24.5 Å². The third-order valence-corrected chi connectivity index (χ3v) is 5.63. The second kappa shape index (κ2) is 8.35. The Kier molecular flexibility index (Phi) is 5.61. The van der Waals surface area contributed by atoms with Crippen molar-refractivity contribution in [3.8, 4) is 0 Å². The highest BCUT2D eigenvalue weighted by atomic mass is 16.5. The van der Waals surface area contributed by atoms with Crippen molar-refractivity contribution in [2.75, 3.05) is 36.5 Å². The Labute approximate surface area is 181 Å². The van der Waals surface area contributed by atoms with E-state index in [1.165, 1.54) is 11.8 Å². The molecule has 0 radical (unpaired) electrons. The van der Waals surface area contributed by atoms with E-state index in [9.17, 15) is 14.4 Å². The number of aryl methyl sites for hydroxylation is 2. The van der Waals surface area contributed by atoms with Crippen molar-refractivity contribution in [2.45, 2.75) is 20.8 Å². The molecule has 0 aliphatic carbocycles. The summed E-state index contributed by atoms with van der Waals surface area (Å²) in [7, 11) is 0. The molecule has 2 aromatic carbocycles. The fraction of sp³-hybridized carbons (Fsp3) is 0.292. The lowest BCUT2D eigenvalue weighted by Crippen LogP contribution is -2.40. The minimum atomic E-state index is -0.345. The number of rotatable bonds is 4. The van der Waals surface area contributed by atoms with E-state index in [-0.39, 0.29) is 17.7 Å². The summed E-state index contributed by atoms with van der Waals surface area (Å²) in [6.45, 7) is 7.49. The quantitative estimate of drug-likeness (QED) is 0.771. The van der Waals surface area contributed by atoms with Crippen LogP contribution in [0.2, 0.25) is 0 Å². The van der Waals surface area contributed by atoms with E-state index in [2.05, 4.69) is 5.32 Å². The molecule has 0 unspecified atom stereocenters. The zero-order chi connectivity index (χ0) is 22.1. The average Bonchev–Trinajstić information content (AvgIpc) is 3.01. The number of anilines is 2. The molecule has 2 aliphatic rings. The normalized spacial score (nSPS) is 16.9. The van der Waals surface area contributed by atoms with E-state index < -0.39 is 0 Å². The number of nitrogens with zero attached hydrogens (tertiary/aromatic N) is 2. The number of hydrogen-bond donors (Lipinski definition) is 1. The number of imide groups is 1. The van der Waals surface area contributed by atoms with Crippen molar-refractivity contribution in [3.05, 3.63) is 64.9 Å². The first-order valence-corrected chi connectivity index (χ1v) is 10.3. The van der Waals surface area contributed by atoms with E-state index >= 15 is 0 Å². The Morgan fingerprint density at radius 1 is 0.935 bits per heavy atom. The second-order valence-corrected chi connectivity index (χ2v) is 7.80. The number of benzene rings is 2. The van der Waals surface area contributed by atoms with Crippen LogP contribution in [0.25, 0.3) is 5.57 Å². The lowest BCUT2D eigenvalue weighted by atomic mass is 10.0. The van der Waals surface area contributed by atoms with E-state index in [1.54, 1.807) is 30.3 Å². The summed E-state index contributed by atoms with van der Waals surface area (Å²) >= 11 is 0. The fourth-order valence-electron chi connectivity index (χ4n) is 3.88. The van der Waals surface area contributed by atoms with E-state index in [1.807, 2.05) is 30.9 Å². The van der Waals surface area contributed by atoms with Crippen molar-refractivity contribution in [1.29, 1.82) is 0 Å². The van der Waals surface area contributed by atoms with Crippen molar-refractivity contribution < 1.29 is 19.1 Å². The van der Waals surface area contributed by atoms with Gasteiger partial charge in [-0.3, -0.25) is 14.4 Å². The van der Waals surface area contributed by atoms with Gasteiger partial charge >= 0.3 is 0 Å². The molecule has 7 nitrogen and oxygen atoms in total. The highest BCUT2D eigenvalue weighted by Gasteiger charge is 2.42. The third kappa shape index (κ3) is 3.96. The molecule has 3 amide bonds. The Morgan fingerprint density at radius 2 is 1.61 bits per heavy atom. The zero-order valence-corrected chi connectivity index (χ0v) is 17.9. The molecule has 2 heterocycles. The summed E-state index contributed by atoms with van der Waals surface area (Å²) < 4.78 is 5.44. The summed E-state index contributed by atoms with van der Waals surface area (Å²) in [6.07, 6.45) is 0. The molecule has 2 aromatic rings. The number of ether oxygens (including phenoxy) is 1. The van der Waals surface area contributed by atoms with Crippen LogP contribution in [-0.2, 0) is 19.1 Å². The first kappa shape index (κ1) is 20.8. The van der Waals surface area contributed by atoms with Crippen LogP contribution in [0.15, 0.2) is 48.2 Å². The molecule has 0 aromatic heterocycles. The molecule has 160 valence electrons. The average molecular weight is 419 g/mol. The van der Waals surface area contributed by atoms with Gasteiger partial charge in [0.2, 0.25) is 5.91 Å². The maximum Gasteiger partial charge on any atom is 0.282 e. The van der Waals surface area contributed by atoms with Crippen molar-refractivity contribution in [1.82, 2.24) is 4.90 Å². The Bertz CT molecular complexity index is 1080. The predicted octanol–water partition coefficient (Wildman–Crippen LogP) is 2.88. The zero-order valence-electron chi connectivity index (χ0n) is 17.9.